The summed E-state index contributed by atoms with van der Waals surface area (Å²) in [6, 6.07) is 5.74. The van der Waals surface area contributed by atoms with Gasteiger partial charge in [0.2, 0.25) is 5.91 Å². The maximum atomic E-state index is 12.6. The number of aryl methyl sites for hydroxylation is 1. The Morgan fingerprint density at radius 1 is 1.34 bits per heavy atom. The number of hydrogen-bond acceptors (Lipinski definition) is 6. The largest absolute Gasteiger partial charge is 0.378 e. The number of imidazole rings is 1. The number of carbonyl (C=O) groups excluding carboxylic acids is 1. The summed E-state index contributed by atoms with van der Waals surface area (Å²) in [6.45, 7) is 4.54. The number of H-pyrrole nitrogens is 2. The highest BCUT2D eigenvalue weighted by atomic mass is 16.5. The molecule has 154 valence electrons. The number of likely N-dealkylation sites (tertiary alicyclic amines) is 1. The van der Waals surface area contributed by atoms with Crippen molar-refractivity contribution in [2.45, 2.75) is 51.0 Å². The van der Waals surface area contributed by atoms with Crippen LogP contribution in [0, 0.1) is 0 Å². The number of nitrogens with one attached hydrogen (secondary N) is 2. The van der Waals surface area contributed by atoms with Crippen LogP contribution >= 0.6 is 0 Å². The third-order valence-electron chi connectivity index (χ3n) is 5.39. The van der Waals surface area contributed by atoms with E-state index in [1.165, 1.54) is 0 Å². The van der Waals surface area contributed by atoms with Crippen molar-refractivity contribution in [1.29, 1.82) is 0 Å². The average molecular weight is 399 g/mol. The fraction of sp³-hybridized carbons (Fsp3) is 0.500. The Morgan fingerprint density at radius 2 is 2.14 bits per heavy atom. The summed E-state index contributed by atoms with van der Waals surface area (Å²) in [7, 11) is 0. The minimum absolute atomic E-state index is 0.000604. The van der Waals surface area contributed by atoms with Crippen molar-refractivity contribution < 1.29 is 14.4 Å². The van der Waals surface area contributed by atoms with Crippen LogP contribution in [0.4, 0.5) is 0 Å². The SMILES string of the molecule is CC(C)c1noc([C@@]2(O)CCN(C(=O)CCCc3ccc4[nH]c(=O)[nH]c4c3)C2)n1. The second kappa shape index (κ2) is 7.47. The van der Waals surface area contributed by atoms with Crippen molar-refractivity contribution in [1.82, 2.24) is 25.0 Å². The number of aliphatic hydroxyl groups is 1. The molecule has 1 saturated heterocycles. The van der Waals surface area contributed by atoms with Crippen LogP contribution < -0.4 is 5.69 Å². The van der Waals surface area contributed by atoms with Crippen molar-refractivity contribution >= 4 is 16.9 Å². The molecule has 1 amide bonds. The minimum atomic E-state index is -1.28. The van der Waals surface area contributed by atoms with Gasteiger partial charge in [0.1, 0.15) is 0 Å². The molecule has 3 aromatic rings. The van der Waals surface area contributed by atoms with Gasteiger partial charge >= 0.3 is 5.69 Å². The van der Waals surface area contributed by atoms with Crippen LogP contribution in [0.1, 0.15) is 56.3 Å². The van der Waals surface area contributed by atoms with Gasteiger partial charge in [-0.3, -0.25) is 4.79 Å². The Morgan fingerprint density at radius 3 is 2.90 bits per heavy atom. The zero-order valence-electron chi connectivity index (χ0n) is 16.6. The third kappa shape index (κ3) is 3.95. The highest BCUT2D eigenvalue weighted by molar-refractivity contribution is 5.77. The molecule has 0 unspecified atom stereocenters. The van der Waals surface area contributed by atoms with E-state index in [4.69, 9.17) is 4.52 Å². The number of hydrogen-bond donors (Lipinski definition) is 3. The molecule has 0 spiro atoms. The molecule has 0 radical (unpaired) electrons. The quantitative estimate of drug-likeness (QED) is 0.580. The van der Waals surface area contributed by atoms with E-state index < -0.39 is 5.60 Å². The number of carbonyl (C=O) groups is 1. The van der Waals surface area contributed by atoms with Crippen molar-refractivity contribution in [3.63, 3.8) is 0 Å². The Kier molecular flexibility index (Phi) is 4.99. The number of rotatable bonds is 6. The molecule has 1 fully saturated rings. The van der Waals surface area contributed by atoms with E-state index in [0.717, 1.165) is 23.0 Å². The molecule has 0 aliphatic carbocycles. The highest BCUT2D eigenvalue weighted by Crippen LogP contribution is 2.32. The van der Waals surface area contributed by atoms with Crippen LogP contribution in [0.25, 0.3) is 11.0 Å². The van der Waals surface area contributed by atoms with E-state index in [9.17, 15) is 14.7 Å². The molecule has 1 atom stereocenters. The minimum Gasteiger partial charge on any atom is -0.378 e. The maximum absolute atomic E-state index is 12.6. The number of β-amino-alcohol motifs (C(OH)–C–C–N with tert-alkyl or cyclic N) is 1. The number of aromatic amines is 2. The molecule has 4 rings (SSSR count). The summed E-state index contributed by atoms with van der Waals surface area (Å²) in [6.07, 6.45) is 2.19. The summed E-state index contributed by atoms with van der Waals surface area (Å²) in [4.78, 5) is 35.3. The molecular weight excluding hydrogens is 374 g/mol. The number of aromatic nitrogens is 4. The molecule has 9 heteroatoms. The molecule has 29 heavy (non-hydrogen) atoms. The number of benzene rings is 1. The second-order valence-electron chi connectivity index (χ2n) is 8.02. The van der Waals surface area contributed by atoms with Crippen LogP contribution in [0.15, 0.2) is 27.5 Å². The third-order valence-corrected chi connectivity index (χ3v) is 5.39. The topological polar surface area (TPSA) is 128 Å². The van der Waals surface area contributed by atoms with E-state index in [1.807, 2.05) is 32.0 Å². The first kappa shape index (κ1) is 19.4. The lowest BCUT2D eigenvalue weighted by atomic mass is 10.0. The van der Waals surface area contributed by atoms with Gasteiger partial charge in [0.25, 0.3) is 5.89 Å². The van der Waals surface area contributed by atoms with E-state index in [2.05, 4.69) is 20.1 Å². The van der Waals surface area contributed by atoms with E-state index in [1.54, 1.807) is 4.90 Å². The molecule has 3 N–H and O–H groups in total. The van der Waals surface area contributed by atoms with Crippen LogP contribution in [-0.4, -0.2) is 49.1 Å². The van der Waals surface area contributed by atoms with Crippen LogP contribution in [0.3, 0.4) is 0 Å². The van der Waals surface area contributed by atoms with Crippen LogP contribution in [0.2, 0.25) is 0 Å². The van der Waals surface area contributed by atoms with Gasteiger partial charge in [0, 0.05) is 25.3 Å². The van der Waals surface area contributed by atoms with Crippen LogP contribution in [0.5, 0.6) is 0 Å². The number of nitrogens with zero attached hydrogens (tertiary/aromatic N) is 3. The van der Waals surface area contributed by atoms with Crippen molar-refractivity contribution in [2.75, 3.05) is 13.1 Å². The molecule has 3 heterocycles. The predicted octanol–water partition coefficient (Wildman–Crippen LogP) is 1.81. The fourth-order valence-corrected chi connectivity index (χ4v) is 3.68. The molecule has 1 aromatic carbocycles. The normalized spacial score (nSPS) is 19.5. The molecule has 2 aromatic heterocycles. The lowest BCUT2D eigenvalue weighted by Crippen LogP contribution is -2.34. The molecule has 1 aliphatic heterocycles. The smallest absolute Gasteiger partial charge is 0.323 e. The van der Waals surface area contributed by atoms with E-state index >= 15 is 0 Å². The van der Waals surface area contributed by atoms with Gasteiger partial charge in [-0.1, -0.05) is 25.1 Å². The van der Waals surface area contributed by atoms with E-state index in [0.29, 0.717) is 31.6 Å². The van der Waals surface area contributed by atoms with Gasteiger partial charge in [-0.2, -0.15) is 4.98 Å². The van der Waals surface area contributed by atoms with E-state index in [-0.39, 0.29) is 30.0 Å². The summed E-state index contributed by atoms with van der Waals surface area (Å²) >= 11 is 0. The summed E-state index contributed by atoms with van der Waals surface area (Å²) in [5.74, 6) is 0.850. The predicted molar refractivity (Wildman–Crippen MR) is 105 cm³/mol. The molecular formula is C20H25N5O4. The number of amides is 1. The lowest BCUT2D eigenvalue weighted by molar-refractivity contribution is -0.131. The standard InChI is InChI=1S/C20H25N5O4/c1-12(2)17-23-18(29-24-17)20(28)8-9-25(11-20)16(26)5-3-4-13-6-7-14-15(10-13)22-19(27)21-14/h6-7,10,12,28H,3-5,8-9,11H2,1-2H3,(H2,21,22,27)/t20-/m1/s1. The molecule has 0 bridgehead atoms. The summed E-state index contributed by atoms with van der Waals surface area (Å²) < 4.78 is 5.24. The molecule has 1 aliphatic rings. The average Bonchev–Trinajstić information content (AvgIpc) is 3.39. The Labute approximate surface area is 167 Å². The van der Waals surface area contributed by atoms with Gasteiger partial charge in [0.15, 0.2) is 11.4 Å². The first-order valence-corrected chi connectivity index (χ1v) is 9.89. The first-order valence-electron chi connectivity index (χ1n) is 9.89. The fourth-order valence-electron chi connectivity index (χ4n) is 3.68. The molecule has 9 nitrogen and oxygen atoms in total. The van der Waals surface area contributed by atoms with Crippen molar-refractivity contribution in [3.8, 4) is 0 Å². The van der Waals surface area contributed by atoms with Crippen LogP contribution in [-0.2, 0) is 16.8 Å². The Hall–Kier alpha value is -2.94. The maximum Gasteiger partial charge on any atom is 0.323 e. The van der Waals surface area contributed by atoms with Gasteiger partial charge in [-0.25, -0.2) is 4.79 Å². The van der Waals surface area contributed by atoms with Gasteiger partial charge in [0.05, 0.1) is 17.6 Å². The zero-order valence-corrected chi connectivity index (χ0v) is 16.6. The van der Waals surface area contributed by atoms with Crippen molar-refractivity contribution in [2.24, 2.45) is 0 Å². The van der Waals surface area contributed by atoms with Crippen molar-refractivity contribution in [3.05, 3.63) is 46.0 Å². The zero-order chi connectivity index (χ0) is 20.6. The molecule has 0 saturated carbocycles. The highest BCUT2D eigenvalue weighted by Gasteiger charge is 2.44. The first-order chi connectivity index (χ1) is 13.8. The second-order valence-corrected chi connectivity index (χ2v) is 8.02. The number of fused-ring (bicyclic) bond motifs is 1. The summed E-state index contributed by atoms with van der Waals surface area (Å²) in [5.41, 5.74) is 1.10. The summed E-state index contributed by atoms with van der Waals surface area (Å²) in [5, 5.41) is 14.8. The Bertz CT molecular complexity index is 1080. The van der Waals surface area contributed by atoms with Gasteiger partial charge in [-0.15, -0.1) is 0 Å². The van der Waals surface area contributed by atoms with Gasteiger partial charge in [-0.05, 0) is 30.5 Å². The monoisotopic (exact) mass is 399 g/mol. The van der Waals surface area contributed by atoms with Gasteiger partial charge < -0.3 is 24.5 Å². The lowest BCUT2D eigenvalue weighted by Gasteiger charge is -2.19. The Balaban J connectivity index is 1.32.